The van der Waals surface area contributed by atoms with E-state index in [4.69, 9.17) is 0 Å². The Bertz CT molecular complexity index is 380. The highest BCUT2D eigenvalue weighted by Crippen LogP contribution is 2.37. The lowest BCUT2D eigenvalue weighted by Gasteiger charge is -2.28. The lowest BCUT2D eigenvalue weighted by molar-refractivity contribution is 0.238. The van der Waals surface area contributed by atoms with E-state index in [1.165, 1.54) is 29.7 Å². The van der Waals surface area contributed by atoms with Gasteiger partial charge in [0.15, 0.2) is 0 Å². The second-order valence-corrected chi connectivity index (χ2v) is 5.60. The molecule has 1 fully saturated rings. The van der Waals surface area contributed by atoms with Gasteiger partial charge in [0.05, 0.1) is 0 Å². The Balaban J connectivity index is 2.30. The van der Waals surface area contributed by atoms with Gasteiger partial charge < -0.3 is 5.32 Å². The van der Waals surface area contributed by atoms with E-state index in [0.29, 0.717) is 6.04 Å². The highest BCUT2D eigenvalue weighted by Gasteiger charge is 2.33. The van der Waals surface area contributed by atoms with Gasteiger partial charge in [-0.15, -0.1) is 0 Å². The monoisotopic (exact) mass is 246 g/mol. The summed E-state index contributed by atoms with van der Waals surface area (Å²) in [5.41, 5.74) is 4.28. The summed E-state index contributed by atoms with van der Waals surface area (Å²) in [4.78, 5) is 2.62. The summed E-state index contributed by atoms with van der Waals surface area (Å²) in [7, 11) is 2.06. The SMILES string of the molecule is CCN1CCC(CNC)C1c1cc(C)cc(C)c1. The van der Waals surface area contributed by atoms with Crippen LogP contribution < -0.4 is 5.32 Å². The minimum atomic E-state index is 0.598. The van der Waals surface area contributed by atoms with E-state index in [1.54, 1.807) is 0 Å². The molecular weight excluding hydrogens is 220 g/mol. The first-order chi connectivity index (χ1) is 8.65. The van der Waals surface area contributed by atoms with Crippen molar-refractivity contribution in [3.63, 3.8) is 0 Å². The van der Waals surface area contributed by atoms with Gasteiger partial charge in [-0.1, -0.05) is 36.2 Å². The van der Waals surface area contributed by atoms with Crippen LogP contribution in [0.2, 0.25) is 0 Å². The number of nitrogens with zero attached hydrogens (tertiary/aromatic N) is 1. The molecule has 0 aromatic heterocycles. The Kier molecular flexibility index (Phi) is 4.41. The van der Waals surface area contributed by atoms with Crippen LogP contribution in [0.15, 0.2) is 18.2 Å². The number of likely N-dealkylation sites (tertiary alicyclic amines) is 1. The van der Waals surface area contributed by atoms with E-state index in [-0.39, 0.29) is 0 Å². The van der Waals surface area contributed by atoms with Gasteiger partial charge in [0.25, 0.3) is 0 Å². The maximum atomic E-state index is 3.36. The third-order valence-corrected chi connectivity index (χ3v) is 4.09. The molecule has 1 heterocycles. The number of hydrogen-bond donors (Lipinski definition) is 1. The van der Waals surface area contributed by atoms with Crippen molar-refractivity contribution in [1.29, 1.82) is 0 Å². The lowest BCUT2D eigenvalue weighted by Crippen LogP contribution is -2.29. The Morgan fingerprint density at radius 2 is 1.89 bits per heavy atom. The predicted octanol–water partition coefficient (Wildman–Crippen LogP) is 2.91. The first-order valence-corrected chi connectivity index (χ1v) is 7.12. The van der Waals surface area contributed by atoms with Crippen LogP contribution in [0.3, 0.4) is 0 Å². The molecule has 2 rings (SSSR count). The second kappa shape index (κ2) is 5.85. The summed E-state index contributed by atoms with van der Waals surface area (Å²) in [5.74, 6) is 0.746. The lowest BCUT2D eigenvalue weighted by atomic mass is 9.91. The maximum Gasteiger partial charge on any atom is 0.0388 e. The summed E-state index contributed by atoms with van der Waals surface area (Å²) < 4.78 is 0. The molecule has 0 aliphatic carbocycles. The minimum absolute atomic E-state index is 0.598. The Labute approximate surface area is 111 Å². The Hall–Kier alpha value is -0.860. The highest BCUT2D eigenvalue weighted by molar-refractivity contribution is 5.31. The third-order valence-electron chi connectivity index (χ3n) is 4.09. The normalized spacial score (nSPS) is 24.7. The van der Waals surface area contributed by atoms with E-state index in [0.717, 1.165) is 19.0 Å². The molecule has 1 aliphatic heterocycles. The second-order valence-electron chi connectivity index (χ2n) is 5.60. The van der Waals surface area contributed by atoms with Crippen LogP contribution in [-0.2, 0) is 0 Å². The van der Waals surface area contributed by atoms with Crippen molar-refractivity contribution in [3.8, 4) is 0 Å². The van der Waals surface area contributed by atoms with Crippen molar-refractivity contribution in [2.75, 3.05) is 26.7 Å². The van der Waals surface area contributed by atoms with Gasteiger partial charge >= 0.3 is 0 Å². The fourth-order valence-corrected chi connectivity index (χ4v) is 3.42. The first kappa shape index (κ1) is 13.6. The number of rotatable bonds is 4. The summed E-state index contributed by atoms with van der Waals surface area (Å²) in [6.07, 6.45) is 1.31. The quantitative estimate of drug-likeness (QED) is 0.879. The van der Waals surface area contributed by atoms with Gasteiger partial charge in [0.1, 0.15) is 0 Å². The minimum Gasteiger partial charge on any atom is -0.319 e. The highest BCUT2D eigenvalue weighted by atomic mass is 15.2. The van der Waals surface area contributed by atoms with Gasteiger partial charge in [0.2, 0.25) is 0 Å². The van der Waals surface area contributed by atoms with Gasteiger partial charge in [0, 0.05) is 6.04 Å². The molecule has 1 aromatic carbocycles. The summed E-state index contributed by atoms with van der Waals surface area (Å²) in [6, 6.07) is 7.60. The van der Waals surface area contributed by atoms with Crippen LogP contribution >= 0.6 is 0 Å². The van der Waals surface area contributed by atoms with Crippen molar-refractivity contribution < 1.29 is 0 Å². The fraction of sp³-hybridized carbons (Fsp3) is 0.625. The largest absolute Gasteiger partial charge is 0.319 e. The van der Waals surface area contributed by atoms with Crippen molar-refractivity contribution in [1.82, 2.24) is 10.2 Å². The van der Waals surface area contributed by atoms with E-state index in [2.05, 4.69) is 56.2 Å². The van der Waals surface area contributed by atoms with Crippen LogP contribution in [0.1, 0.15) is 36.1 Å². The molecule has 0 saturated carbocycles. The molecule has 2 unspecified atom stereocenters. The Morgan fingerprint density at radius 1 is 1.22 bits per heavy atom. The Morgan fingerprint density at radius 3 is 2.44 bits per heavy atom. The molecule has 1 N–H and O–H groups in total. The van der Waals surface area contributed by atoms with Gasteiger partial charge in [-0.2, -0.15) is 0 Å². The summed E-state index contributed by atoms with van der Waals surface area (Å²) in [6.45, 7) is 10.2. The molecule has 2 nitrogen and oxygen atoms in total. The molecule has 0 bridgehead atoms. The topological polar surface area (TPSA) is 15.3 Å². The molecule has 2 atom stereocenters. The molecule has 1 aromatic rings. The van der Waals surface area contributed by atoms with E-state index in [1.807, 2.05) is 0 Å². The summed E-state index contributed by atoms with van der Waals surface area (Å²) >= 11 is 0. The van der Waals surface area contributed by atoms with Gasteiger partial charge in [-0.25, -0.2) is 0 Å². The number of aryl methyl sites for hydroxylation is 2. The zero-order chi connectivity index (χ0) is 13.1. The third kappa shape index (κ3) is 2.76. The molecule has 18 heavy (non-hydrogen) atoms. The van der Waals surface area contributed by atoms with E-state index in [9.17, 15) is 0 Å². The van der Waals surface area contributed by atoms with Crippen molar-refractivity contribution in [2.24, 2.45) is 5.92 Å². The van der Waals surface area contributed by atoms with Crippen molar-refractivity contribution in [3.05, 3.63) is 34.9 Å². The average Bonchev–Trinajstić information content (AvgIpc) is 2.71. The number of nitrogens with one attached hydrogen (secondary N) is 1. The average molecular weight is 246 g/mol. The van der Waals surface area contributed by atoms with Crippen molar-refractivity contribution >= 4 is 0 Å². The first-order valence-electron chi connectivity index (χ1n) is 7.12. The maximum absolute atomic E-state index is 3.36. The van der Waals surface area contributed by atoms with Crippen LogP contribution in [-0.4, -0.2) is 31.6 Å². The molecule has 100 valence electrons. The van der Waals surface area contributed by atoms with Crippen LogP contribution in [0.25, 0.3) is 0 Å². The molecule has 1 saturated heterocycles. The summed E-state index contributed by atoms with van der Waals surface area (Å²) in [5, 5.41) is 3.36. The molecule has 0 amide bonds. The molecule has 2 heteroatoms. The van der Waals surface area contributed by atoms with Crippen LogP contribution in [0.4, 0.5) is 0 Å². The number of benzene rings is 1. The van der Waals surface area contributed by atoms with Crippen LogP contribution in [0.5, 0.6) is 0 Å². The number of hydrogen-bond acceptors (Lipinski definition) is 2. The zero-order valence-electron chi connectivity index (χ0n) is 12.2. The smallest absolute Gasteiger partial charge is 0.0388 e. The van der Waals surface area contributed by atoms with E-state index < -0.39 is 0 Å². The zero-order valence-corrected chi connectivity index (χ0v) is 12.2. The van der Waals surface area contributed by atoms with Crippen molar-refractivity contribution in [2.45, 2.75) is 33.2 Å². The molecule has 0 spiro atoms. The van der Waals surface area contributed by atoms with E-state index >= 15 is 0 Å². The predicted molar refractivity (Wildman–Crippen MR) is 77.9 cm³/mol. The molecule has 0 radical (unpaired) electrons. The fourth-order valence-electron chi connectivity index (χ4n) is 3.42. The van der Waals surface area contributed by atoms with Crippen LogP contribution in [0, 0.1) is 19.8 Å². The standard InChI is InChI=1S/C16H26N2/c1-5-18-7-6-14(11-17-4)16(18)15-9-12(2)8-13(3)10-15/h8-10,14,16-17H,5-7,11H2,1-4H3. The molecule has 1 aliphatic rings. The molecular formula is C16H26N2. The van der Waals surface area contributed by atoms with Gasteiger partial charge in [-0.05, 0) is 58.4 Å². The van der Waals surface area contributed by atoms with Gasteiger partial charge in [-0.3, -0.25) is 4.90 Å².